The quantitative estimate of drug-likeness (QED) is 0.571. The molecule has 0 aromatic carbocycles. The van der Waals surface area contributed by atoms with Crippen molar-refractivity contribution in [2.24, 2.45) is 0 Å². The van der Waals surface area contributed by atoms with Gasteiger partial charge in [0.2, 0.25) is 0 Å². The molecule has 0 aliphatic heterocycles. The van der Waals surface area contributed by atoms with E-state index < -0.39 is 5.97 Å². The molecule has 0 spiro atoms. The maximum Gasteiger partial charge on any atom is 0.339 e. The summed E-state index contributed by atoms with van der Waals surface area (Å²) >= 11 is 0. The maximum absolute atomic E-state index is 10.8. The first-order valence-electron chi connectivity index (χ1n) is 5.67. The van der Waals surface area contributed by atoms with Gasteiger partial charge in [0.25, 0.3) is 5.82 Å². The number of aryl methyl sites for hydroxylation is 1. The van der Waals surface area contributed by atoms with Gasteiger partial charge in [-0.2, -0.15) is 0 Å². The SMILES string of the molecule is CCCCCC[n+]1cc(C(=O)O)ccc1N. The molecule has 0 bridgehead atoms. The third-order valence-corrected chi connectivity index (χ3v) is 2.56. The highest BCUT2D eigenvalue weighted by atomic mass is 16.4. The van der Waals surface area contributed by atoms with E-state index in [0.717, 1.165) is 19.4 Å². The average molecular weight is 223 g/mol. The molecule has 3 N–H and O–H groups in total. The normalized spacial score (nSPS) is 10.3. The van der Waals surface area contributed by atoms with Gasteiger partial charge in [-0.3, -0.25) is 5.73 Å². The summed E-state index contributed by atoms with van der Waals surface area (Å²) in [5.41, 5.74) is 6.06. The third-order valence-electron chi connectivity index (χ3n) is 2.56. The lowest BCUT2D eigenvalue weighted by atomic mass is 10.2. The van der Waals surface area contributed by atoms with Crippen molar-refractivity contribution >= 4 is 11.8 Å². The maximum atomic E-state index is 10.8. The van der Waals surface area contributed by atoms with Gasteiger partial charge in [0.15, 0.2) is 0 Å². The van der Waals surface area contributed by atoms with Crippen LogP contribution in [-0.4, -0.2) is 11.1 Å². The second-order valence-electron chi connectivity index (χ2n) is 3.90. The molecule has 0 fully saturated rings. The number of hydrogen-bond acceptors (Lipinski definition) is 2. The average Bonchev–Trinajstić information content (AvgIpc) is 2.26. The van der Waals surface area contributed by atoms with Crippen LogP contribution in [0.15, 0.2) is 18.3 Å². The largest absolute Gasteiger partial charge is 0.478 e. The van der Waals surface area contributed by atoms with Crippen molar-refractivity contribution in [1.82, 2.24) is 0 Å². The molecule has 0 unspecified atom stereocenters. The number of unbranched alkanes of at least 4 members (excludes halogenated alkanes) is 3. The number of rotatable bonds is 6. The van der Waals surface area contributed by atoms with Gasteiger partial charge in [0, 0.05) is 6.07 Å². The molecule has 0 amide bonds. The number of carbonyl (C=O) groups is 1. The molecule has 1 aromatic rings. The summed E-state index contributed by atoms with van der Waals surface area (Å²) in [6.45, 7) is 2.94. The molecule has 1 rings (SSSR count). The van der Waals surface area contributed by atoms with Crippen LogP contribution < -0.4 is 10.3 Å². The van der Waals surface area contributed by atoms with Crippen LogP contribution in [0.25, 0.3) is 0 Å². The van der Waals surface area contributed by atoms with Crippen molar-refractivity contribution in [3.8, 4) is 0 Å². The number of nitrogen functional groups attached to an aromatic ring is 1. The zero-order chi connectivity index (χ0) is 12.0. The van der Waals surface area contributed by atoms with E-state index in [1.54, 1.807) is 16.8 Å². The van der Waals surface area contributed by atoms with Crippen molar-refractivity contribution in [2.45, 2.75) is 39.2 Å². The zero-order valence-electron chi connectivity index (χ0n) is 9.65. The Bertz CT molecular complexity index is 364. The number of hydrogen-bond donors (Lipinski definition) is 2. The fourth-order valence-electron chi connectivity index (χ4n) is 1.59. The molecule has 4 heteroatoms. The first kappa shape index (κ1) is 12.5. The highest BCUT2D eigenvalue weighted by Crippen LogP contribution is 2.03. The minimum absolute atomic E-state index is 0.282. The van der Waals surface area contributed by atoms with Gasteiger partial charge in [-0.15, -0.1) is 0 Å². The monoisotopic (exact) mass is 223 g/mol. The minimum atomic E-state index is -0.915. The molecular weight excluding hydrogens is 204 g/mol. The fourth-order valence-corrected chi connectivity index (χ4v) is 1.59. The number of carboxylic acids is 1. The molecule has 88 valence electrons. The summed E-state index contributed by atoms with van der Waals surface area (Å²) < 4.78 is 1.80. The first-order valence-corrected chi connectivity index (χ1v) is 5.67. The van der Waals surface area contributed by atoms with E-state index in [9.17, 15) is 4.79 Å². The van der Waals surface area contributed by atoms with Crippen molar-refractivity contribution in [3.05, 3.63) is 23.9 Å². The molecule has 1 aromatic heterocycles. The number of carboxylic acid groups (broad SMARTS) is 1. The van der Waals surface area contributed by atoms with Gasteiger partial charge in [-0.1, -0.05) is 19.8 Å². The Balaban J connectivity index is 2.63. The standard InChI is InChI=1S/C12H18N2O2/c1-2-3-4-5-8-14-9-10(12(15)16)6-7-11(14)13/h6-7,9,13H,2-5,8H2,1H3,(H,15,16)/p+1. The lowest BCUT2D eigenvalue weighted by molar-refractivity contribution is -0.683. The number of aromatic carboxylic acids is 1. The Morgan fingerprint density at radius 3 is 2.75 bits per heavy atom. The van der Waals surface area contributed by atoms with E-state index in [1.807, 2.05) is 0 Å². The Morgan fingerprint density at radius 1 is 1.38 bits per heavy atom. The number of pyridine rings is 1. The van der Waals surface area contributed by atoms with E-state index in [-0.39, 0.29) is 5.56 Å². The second kappa shape index (κ2) is 6.10. The predicted molar refractivity (Wildman–Crippen MR) is 62.2 cm³/mol. The molecule has 0 atom stereocenters. The van der Waals surface area contributed by atoms with Crippen LogP contribution in [-0.2, 0) is 6.54 Å². The summed E-state index contributed by atoms with van der Waals surface area (Å²) in [6.07, 6.45) is 6.18. The minimum Gasteiger partial charge on any atom is -0.478 e. The number of anilines is 1. The van der Waals surface area contributed by atoms with Crippen LogP contribution in [0.1, 0.15) is 43.0 Å². The fraction of sp³-hybridized carbons (Fsp3) is 0.500. The molecular formula is C12H19N2O2+. The first-order chi connectivity index (χ1) is 7.65. The molecule has 4 nitrogen and oxygen atoms in total. The van der Waals surface area contributed by atoms with E-state index >= 15 is 0 Å². The van der Waals surface area contributed by atoms with Gasteiger partial charge in [0.1, 0.15) is 6.20 Å². The van der Waals surface area contributed by atoms with Crippen LogP contribution in [0.4, 0.5) is 5.82 Å². The van der Waals surface area contributed by atoms with E-state index in [1.165, 1.54) is 18.9 Å². The van der Waals surface area contributed by atoms with E-state index in [2.05, 4.69) is 6.92 Å². The van der Waals surface area contributed by atoms with E-state index in [4.69, 9.17) is 10.8 Å². The molecule has 16 heavy (non-hydrogen) atoms. The van der Waals surface area contributed by atoms with Gasteiger partial charge >= 0.3 is 5.97 Å². The van der Waals surface area contributed by atoms with Crippen molar-refractivity contribution < 1.29 is 14.5 Å². The highest BCUT2D eigenvalue weighted by Gasteiger charge is 2.09. The molecule has 0 saturated heterocycles. The third kappa shape index (κ3) is 3.53. The van der Waals surface area contributed by atoms with Crippen LogP contribution in [0.5, 0.6) is 0 Å². The summed E-state index contributed by atoms with van der Waals surface area (Å²) in [5.74, 6) is -0.302. The Hall–Kier alpha value is -1.58. The molecule has 1 heterocycles. The van der Waals surface area contributed by atoms with Crippen LogP contribution in [0.2, 0.25) is 0 Å². The van der Waals surface area contributed by atoms with Crippen LogP contribution in [0, 0.1) is 0 Å². The van der Waals surface area contributed by atoms with Gasteiger partial charge < -0.3 is 5.11 Å². The van der Waals surface area contributed by atoms with E-state index in [0.29, 0.717) is 5.82 Å². The number of nitrogens with zero attached hydrogens (tertiary/aromatic N) is 1. The van der Waals surface area contributed by atoms with Gasteiger partial charge in [-0.25, -0.2) is 9.36 Å². The van der Waals surface area contributed by atoms with Crippen molar-refractivity contribution in [1.29, 1.82) is 0 Å². The number of aromatic nitrogens is 1. The van der Waals surface area contributed by atoms with Gasteiger partial charge in [-0.05, 0) is 18.9 Å². The van der Waals surface area contributed by atoms with Crippen molar-refractivity contribution in [3.63, 3.8) is 0 Å². The summed E-state index contributed by atoms with van der Waals surface area (Å²) in [5, 5.41) is 8.86. The molecule has 0 aliphatic rings. The lowest BCUT2D eigenvalue weighted by Crippen LogP contribution is -2.37. The van der Waals surface area contributed by atoms with Crippen LogP contribution >= 0.6 is 0 Å². The molecule has 0 radical (unpaired) electrons. The molecule has 0 aliphatic carbocycles. The Labute approximate surface area is 95.7 Å². The smallest absolute Gasteiger partial charge is 0.339 e. The zero-order valence-corrected chi connectivity index (χ0v) is 9.65. The van der Waals surface area contributed by atoms with Crippen molar-refractivity contribution in [2.75, 3.05) is 5.73 Å². The summed E-state index contributed by atoms with van der Waals surface area (Å²) in [7, 11) is 0. The van der Waals surface area contributed by atoms with Gasteiger partial charge in [0.05, 0.1) is 12.1 Å². The van der Waals surface area contributed by atoms with Crippen LogP contribution in [0.3, 0.4) is 0 Å². The lowest BCUT2D eigenvalue weighted by Gasteiger charge is -2.04. The highest BCUT2D eigenvalue weighted by molar-refractivity contribution is 5.86. The summed E-state index contributed by atoms with van der Waals surface area (Å²) in [6, 6.07) is 3.17. The Kier molecular flexibility index (Phi) is 4.76. The Morgan fingerprint density at radius 2 is 2.12 bits per heavy atom. The second-order valence-corrected chi connectivity index (χ2v) is 3.90. The number of nitrogens with two attached hydrogens (primary N) is 1. The molecule has 0 saturated carbocycles. The topological polar surface area (TPSA) is 67.2 Å². The summed E-state index contributed by atoms with van der Waals surface area (Å²) in [4.78, 5) is 10.8. The predicted octanol–water partition coefficient (Wildman–Crippen LogP) is 1.83.